The van der Waals surface area contributed by atoms with Gasteiger partial charge in [0.2, 0.25) is 5.91 Å². The Hall–Kier alpha value is -1.06. The van der Waals surface area contributed by atoms with Crippen molar-refractivity contribution in [3.63, 3.8) is 0 Å². The van der Waals surface area contributed by atoms with Crippen LogP contribution in [0.1, 0.15) is 37.3 Å². The summed E-state index contributed by atoms with van der Waals surface area (Å²) >= 11 is 0. The molecule has 1 aromatic rings. The maximum atomic E-state index is 12.2. The van der Waals surface area contributed by atoms with Gasteiger partial charge in [0, 0.05) is 24.7 Å². The van der Waals surface area contributed by atoms with Gasteiger partial charge in [-0.2, -0.15) is 0 Å². The van der Waals surface area contributed by atoms with Gasteiger partial charge < -0.3 is 10.6 Å². The van der Waals surface area contributed by atoms with Crippen LogP contribution in [-0.2, 0) is 11.2 Å². The SMILES string of the molecule is Cc1ccc2c(c1)N(C(=O)CCC(C)N)CCC2.Cl. The molecule has 2 N–H and O–H groups in total. The van der Waals surface area contributed by atoms with Crippen molar-refractivity contribution < 1.29 is 4.79 Å². The lowest BCUT2D eigenvalue weighted by Crippen LogP contribution is -2.36. The average molecular weight is 283 g/mol. The molecule has 4 heteroatoms. The zero-order valence-corrected chi connectivity index (χ0v) is 12.5. The number of hydrogen-bond acceptors (Lipinski definition) is 2. The van der Waals surface area contributed by atoms with Crippen LogP contribution in [0.3, 0.4) is 0 Å². The van der Waals surface area contributed by atoms with E-state index in [0.29, 0.717) is 6.42 Å². The van der Waals surface area contributed by atoms with E-state index in [1.54, 1.807) is 0 Å². The molecule has 1 aliphatic rings. The van der Waals surface area contributed by atoms with Gasteiger partial charge in [0.15, 0.2) is 0 Å². The van der Waals surface area contributed by atoms with Crippen molar-refractivity contribution in [2.75, 3.05) is 11.4 Å². The van der Waals surface area contributed by atoms with Crippen molar-refractivity contribution in [1.82, 2.24) is 0 Å². The summed E-state index contributed by atoms with van der Waals surface area (Å²) in [4.78, 5) is 14.2. The van der Waals surface area contributed by atoms with Crippen LogP contribution in [0, 0.1) is 6.92 Å². The van der Waals surface area contributed by atoms with Gasteiger partial charge >= 0.3 is 0 Å². The van der Waals surface area contributed by atoms with Gasteiger partial charge in [-0.3, -0.25) is 4.79 Å². The number of rotatable bonds is 3. The lowest BCUT2D eigenvalue weighted by molar-refractivity contribution is -0.118. The molecule has 2 rings (SSSR count). The van der Waals surface area contributed by atoms with Crippen molar-refractivity contribution in [1.29, 1.82) is 0 Å². The van der Waals surface area contributed by atoms with Crippen molar-refractivity contribution in [3.05, 3.63) is 29.3 Å². The predicted molar refractivity (Wildman–Crippen MR) is 82.0 cm³/mol. The maximum absolute atomic E-state index is 12.2. The highest BCUT2D eigenvalue weighted by Gasteiger charge is 2.22. The first kappa shape index (κ1) is 16.0. The van der Waals surface area contributed by atoms with E-state index in [2.05, 4.69) is 25.1 Å². The quantitative estimate of drug-likeness (QED) is 0.927. The third-order valence-corrected chi connectivity index (χ3v) is 3.47. The molecule has 0 saturated heterocycles. The normalized spacial score (nSPS) is 15.4. The zero-order chi connectivity index (χ0) is 13.1. The number of carbonyl (C=O) groups is 1. The molecule has 1 aromatic carbocycles. The number of nitrogens with zero attached hydrogens (tertiary/aromatic N) is 1. The molecule has 106 valence electrons. The lowest BCUT2D eigenvalue weighted by Gasteiger charge is -2.30. The molecule has 0 aliphatic carbocycles. The number of aryl methyl sites for hydroxylation is 2. The second kappa shape index (κ2) is 6.92. The second-order valence-corrected chi connectivity index (χ2v) is 5.30. The highest BCUT2D eigenvalue weighted by Crippen LogP contribution is 2.28. The summed E-state index contributed by atoms with van der Waals surface area (Å²) in [5, 5.41) is 0. The molecular formula is C15H23ClN2O. The van der Waals surface area contributed by atoms with E-state index in [1.807, 2.05) is 11.8 Å². The molecule has 0 radical (unpaired) electrons. The van der Waals surface area contributed by atoms with Crippen LogP contribution in [0.15, 0.2) is 18.2 Å². The van der Waals surface area contributed by atoms with Crippen molar-refractivity contribution in [3.8, 4) is 0 Å². The lowest BCUT2D eigenvalue weighted by atomic mass is 9.99. The number of fused-ring (bicyclic) bond motifs is 1. The molecule has 1 aliphatic heterocycles. The molecule has 1 atom stereocenters. The van der Waals surface area contributed by atoms with E-state index in [9.17, 15) is 4.79 Å². The molecule has 0 aromatic heterocycles. The Labute approximate surface area is 121 Å². The molecule has 19 heavy (non-hydrogen) atoms. The Bertz CT molecular complexity index is 446. The van der Waals surface area contributed by atoms with E-state index in [0.717, 1.165) is 31.5 Å². The fourth-order valence-corrected chi connectivity index (χ4v) is 2.43. The molecule has 3 nitrogen and oxygen atoms in total. The van der Waals surface area contributed by atoms with Crippen LogP contribution in [-0.4, -0.2) is 18.5 Å². The zero-order valence-electron chi connectivity index (χ0n) is 11.7. The van der Waals surface area contributed by atoms with Crippen LogP contribution >= 0.6 is 12.4 Å². The first-order valence-corrected chi connectivity index (χ1v) is 6.73. The van der Waals surface area contributed by atoms with Gasteiger partial charge in [-0.25, -0.2) is 0 Å². The number of halogens is 1. The monoisotopic (exact) mass is 282 g/mol. The van der Waals surface area contributed by atoms with Crippen molar-refractivity contribution in [2.45, 2.75) is 45.6 Å². The van der Waals surface area contributed by atoms with Crippen LogP contribution < -0.4 is 10.6 Å². The first-order chi connectivity index (χ1) is 8.58. The number of carbonyl (C=O) groups excluding carboxylic acids is 1. The molecule has 1 amide bonds. The van der Waals surface area contributed by atoms with E-state index >= 15 is 0 Å². The highest BCUT2D eigenvalue weighted by molar-refractivity contribution is 5.94. The molecule has 0 saturated carbocycles. The summed E-state index contributed by atoms with van der Waals surface area (Å²) < 4.78 is 0. The van der Waals surface area contributed by atoms with Crippen molar-refractivity contribution >= 4 is 24.0 Å². The van der Waals surface area contributed by atoms with Gasteiger partial charge in [-0.1, -0.05) is 12.1 Å². The summed E-state index contributed by atoms with van der Waals surface area (Å²) in [6.07, 6.45) is 3.44. The van der Waals surface area contributed by atoms with Crippen LogP contribution in [0.25, 0.3) is 0 Å². The first-order valence-electron chi connectivity index (χ1n) is 6.73. The summed E-state index contributed by atoms with van der Waals surface area (Å²) in [6.45, 7) is 4.86. The van der Waals surface area contributed by atoms with Gasteiger partial charge in [0.1, 0.15) is 0 Å². The predicted octanol–water partition coefficient (Wildman–Crippen LogP) is 2.82. The fourth-order valence-electron chi connectivity index (χ4n) is 2.43. The Morgan fingerprint density at radius 2 is 2.21 bits per heavy atom. The van der Waals surface area contributed by atoms with Gasteiger partial charge in [-0.05, 0) is 50.3 Å². The average Bonchev–Trinajstić information content (AvgIpc) is 2.35. The highest BCUT2D eigenvalue weighted by atomic mass is 35.5. The Kier molecular flexibility index (Phi) is 5.83. The minimum Gasteiger partial charge on any atom is -0.328 e. The van der Waals surface area contributed by atoms with E-state index in [1.165, 1.54) is 11.1 Å². The van der Waals surface area contributed by atoms with E-state index in [4.69, 9.17) is 5.73 Å². The maximum Gasteiger partial charge on any atom is 0.227 e. The fraction of sp³-hybridized carbons (Fsp3) is 0.533. The Balaban J connectivity index is 0.00000180. The van der Waals surface area contributed by atoms with Crippen LogP contribution in [0.5, 0.6) is 0 Å². The third kappa shape index (κ3) is 3.95. The number of benzene rings is 1. The molecule has 0 bridgehead atoms. The minimum atomic E-state index is 0. The summed E-state index contributed by atoms with van der Waals surface area (Å²) in [5.74, 6) is 0.207. The summed E-state index contributed by atoms with van der Waals surface area (Å²) in [7, 11) is 0. The second-order valence-electron chi connectivity index (χ2n) is 5.30. The minimum absolute atomic E-state index is 0. The largest absolute Gasteiger partial charge is 0.328 e. The van der Waals surface area contributed by atoms with Crippen LogP contribution in [0.2, 0.25) is 0 Å². The van der Waals surface area contributed by atoms with E-state index < -0.39 is 0 Å². The number of hydrogen-bond donors (Lipinski definition) is 1. The Morgan fingerprint density at radius 1 is 1.47 bits per heavy atom. The standard InChI is InChI=1S/C15H22N2O.ClH/c1-11-5-7-13-4-3-9-17(14(13)10-11)15(18)8-6-12(2)16;/h5,7,10,12H,3-4,6,8-9,16H2,1-2H3;1H. The molecule has 1 heterocycles. The Morgan fingerprint density at radius 3 is 2.89 bits per heavy atom. The number of amides is 1. The summed E-state index contributed by atoms with van der Waals surface area (Å²) in [6, 6.07) is 6.48. The van der Waals surface area contributed by atoms with Crippen molar-refractivity contribution in [2.24, 2.45) is 5.73 Å². The molecular weight excluding hydrogens is 260 g/mol. The summed E-state index contributed by atoms with van der Waals surface area (Å²) in [5.41, 5.74) is 9.33. The van der Waals surface area contributed by atoms with E-state index in [-0.39, 0.29) is 24.4 Å². The number of nitrogens with two attached hydrogens (primary N) is 1. The van der Waals surface area contributed by atoms with Crippen LogP contribution in [0.4, 0.5) is 5.69 Å². The molecule has 1 unspecified atom stereocenters. The number of anilines is 1. The topological polar surface area (TPSA) is 46.3 Å². The third-order valence-electron chi connectivity index (χ3n) is 3.47. The molecule has 0 spiro atoms. The van der Waals surface area contributed by atoms with Gasteiger partial charge in [0.05, 0.1) is 0 Å². The van der Waals surface area contributed by atoms with Gasteiger partial charge in [-0.15, -0.1) is 12.4 Å². The molecule has 0 fully saturated rings. The smallest absolute Gasteiger partial charge is 0.227 e. The van der Waals surface area contributed by atoms with Gasteiger partial charge in [0.25, 0.3) is 0 Å².